The molecular weight excluding hydrogens is 290 g/mol. The Morgan fingerprint density at radius 2 is 1.81 bits per heavy atom. The summed E-state index contributed by atoms with van der Waals surface area (Å²) in [5.74, 6) is -1.14. The molecule has 21 heavy (non-hydrogen) atoms. The van der Waals surface area contributed by atoms with Crippen LogP contribution in [0.15, 0.2) is 29.2 Å². The average molecular weight is 313 g/mol. The molecule has 0 bridgehead atoms. The second kappa shape index (κ2) is 8.79. The van der Waals surface area contributed by atoms with Crippen LogP contribution in [0, 0.1) is 0 Å². The third-order valence-electron chi connectivity index (χ3n) is 3.21. The fourth-order valence-corrected chi connectivity index (χ4v) is 3.11. The van der Waals surface area contributed by atoms with Crippen molar-refractivity contribution in [1.82, 2.24) is 4.72 Å². The van der Waals surface area contributed by atoms with Crippen LogP contribution in [0.2, 0.25) is 0 Å². The Kier molecular flexibility index (Phi) is 7.39. The Balaban J connectivity index is 2.46. The van der Waals surface area contributed by atoms with E-state index in [0.717, 1.165) is 19.3 Å². The van der Waals surface area contributed by atoms with Crippen LogP contribution in [0.4, 0.5) is 0 Å². The van der Waals surface area contributed by atoms with Gasteiger partial charge in [0.05, 0.1) is 10.5 Å². The van der Waals surface area contributed by atoms with E-state index >= 15 is 0 Å². The molecule has 1 aromatic carbocycles. The molecule has 118 valence electrons. The predicted octanol–water partition coefficient (Wildman–Crippen LogP) is 3.02. The lowest BCUT2D eigenvalue weighted by Gasteiger charge is -2.07. The topological polar surface area (TPSA) is 83.5 Å². The number of rotatable bonds is 10. The summed E-state index contributed by atoms with van der Waals surface area (Å²) in [4.78, 5) is 10.8. The number of carbonyl (C=O) groups is 1. The van der Waals surface area contributed by atoms with Crippen LogP contribution in [-0.4, -0.2) is 26.0 Å². The summed E-state index contributed by atoms with van der Waals surface area (Å²) < 4.78 is 26.6. The minimum atomic E-state index is -3.63. The number of aromatic carboxylic acids is 1. The van der Waals surface area contributed by atoms with Gasteiger partial charge in [0.15, 0.2) is 0 Å². The molecule has 0 fully saturated rings. The molecule has 0 atom stereocenters. The fraction of sp³-hybridized carbons (Fsp3) is 0.533. The summed E-state index contributed by atoms with van der Waals surface area (Å²) in [6.45, 7) is 2.53. The maximum atomic E-state index is 12.0. The van der Waals surface area contributed by atoms with Gasteiger partial charge in [-0.05, 0) is 24.6 Å². The van der Waals surface area contributed by atoms with Gasteiger partial charge in [-0.1, -0.05) is 45.1 Å². The molecular formula is C15H23NO4S. The van der Waals surface area contributed by atoms with Crippen molar-refractivity contribution in [1.29, 1.82) is 0 Å². The lowest BCUT2D eigenvalue weighted by atomic mass is 10.1. The van der Waals surface area contributed by atoms with Crippen molar-refractivity contribution < 1.29 is 18.3 Å². The van der Waals surface area contributed by atoms with E-state index in [4.69, 9.17) is 5.11 Å². The lowest BCUT2D eigenvalue weighted by molar-refractivity contribution is 0.0696. The van der Waals surface area contributed by atoms with Gasteiger partial charge < -0.3 is 5.11 Å². The molecule has 5 nitrogen and oxygen atoms in total. The van der Waals surface area contributed by atoms with Crippen LogP contribution in [0.5, 0.6) is 0 Å². The Morgan fingerprint density at radius 1 is 1.14 bits per heavy atom. The van der Waals surface area contributed by atoms with E-state index in [-0.39, 0.29) is 10.5 Å². The summed E-state index contributed by atoms with van der Waals surface area (Å²) in [6, 6.07) is 5.37. The van der Waals surface area contributed by atoms with Gasteiger partial charge in [0.25, 0.3) is 0 Å². The molecule has 0 amide bonds. The zero-order chi connectivity index (χ0) is 15.7. The maximum absolute atomic E-state index is 12.0. The average Bonchev–Trinajstić information content (AvgIpc) is 2.46. The second-order valence-corrected chi connectivity index (χ2v) is 6.77. The summed E-state index contributed by atoms with van der Waals surface area (Å²) >= 11 is 0. The highest BCUT2D eigenvalue weighted by atomic mass is 32.2. The zero-order valence-corrected chi connectivity index (χ0v) is 13.2. The van der Waals surface area contributed by atoms with Crippen LogP contribution in [0.1, 0.15) is 55.8 Å². The number of carboxylic acids is 1. The largest absolute Gasteiger partial charge is 0.478 e. The van der Waals surface area contributed by atoms with E-state index in [2.05, 4.69) is 11.6 Å². The van der Waals surface area contributed by atoms with Gasteiger partial charge in [0.2, 0.25) is 10.0 Å². The predicted molar refractivity (Wildman–Crippen MR) is 82.0 cm³/mol. The Hall–Kier alpha value is -1.40. The number of carboxylic acid groups (broad SMARTS) is 1. The first kappa shape index (κ1) is 17.7. The molecule has 0 radical (unpaired) electrons. The molecule has 0 aliphatic carbocycles. The van der Waals surface area contributed by atoms with Crippen molar-refractivity contribution in [3.8, 4) is 0 Å². The smallest absolute Gasteiger partial charge is 0.335 e. The Morgan fingerprint density at radius 3 is 2.48 bits per heavy atom. The van der Waals surface area contributed by atoms with E-state index in [0.29, 0.717) is 6.54 Å². The third-order valence-corrected chi connectivity index (χ3v) is 4.67. The summed E-state index contributed by atoms with van der Waals surface area (Å²) in [5.41, 5.74) is -0.0301. The van der Waals surface area contributed by atoms with Crippen molar-refractivity contribution in [2.45, 2.75) is 50.3 Å². The SMILES string of the molecule is CCCCCCCCNS(=O)(=O)c1cccc(C(=O)O)c1. The highest BCUT2D eigenvalue weighted by Crippen LogP contribution is 2.12. The fourth-order valence-electron chi connectivity index (χ4n) is 1.99. The number of hydrogen-bond acceptors (Lipinski definition) is 3. The van der Waals surface area contributed by atoms with Crippen molar-refractivity contribution in [2.75, 3.05) is 6.54 Å². The van der Waals surface area contributed by atoms with Gasteiger partial charge in [-0.2, -0.15) is 0 Å². The normalized spacial score (nSPS) is 11.5. The van der Waals surface area contributed by atoms with E-state index in [1.165, 1.54) is 43.5 Å². The molecule has 6 heteroatoms. The van der Waals surface area contributed by atoms with Crippen molar-refractivity contribution in [3.63, 3.8) is 0 Å². The van der Waals surface area contributed by atoms with Gasteiger partial charge in [-0.3, -0.25) is 0 Å². The number of unbranched alkanes of at least 4 members (excludes halogenated alkanes) is 5. The van der Waals surface area contributed by atoms with E-state index in [1.807, 2.05) is 0 Å². The first-order valence-corrected chi connectivity index (χ1v) is 8.78. The van der Waals surface area contributed by atoms with Crippen LogP contribution in [0.25, 0.3) is 0 Å². The van der Waals surface area contributed by atoms with E-state index in [1.54, 1.807) is 0 Å². The summed E-state index contributed by atoms with van der Waals surface area (Å²) in [7, 11) is -3.63. The molecule has 1 rings (SSSR count). The maximum Gasteiger partial charge on any atom is 0.335 e. The summed E-state index contributed by atoms with van der Waals surface area (Å²) in [5, 5.41) is 8.88. The highest BCUT2D eigenvalue weighted by Gasteiger charge is 2.15. The van der Waals surface area contributed by atoms with Crippen LogP contribution in [-0.2, 0) is 10.0 Å². The van der Waals surface area contributed by atoms with Gasteiger partial charge in [-0.25, -0.2) is 17.9 Å². The molecule has 0 aromatic heterocycles. The summed E-state index contributed by atoms with van der Waals surface area (Å²) in [6.07, 6.45) is 6.49. The quantitative estimate of drug-likeness (QED) is 0.650. The van der Waals surface area contributed by atoms with Gasteiger partial charge in [-0.15, -0.1) is 0 Å². The van der Waals surface area contributed by atoms with Crippen molar-refractivity contribution in [3.05, 3.63) is 29.8 Å². The van der Waals surface area contributed by atoms with Gasteiger partial charge >= 0.3 is 5.97 Å². The number of nitrogens with one attached hydrogen (secondary N) is 1. The Bertz CT molecular complexity index is 555. The molecule has 1 aromatic rings. The lowest BCUT2D eigenvalue weighted by Crippen LogP contribution is -2.25. The first-order valence-electron chi connectivity index (χ1n) is 7.30. The third kappa shape index (κ3) is 6.27. The number of hydrogen-bond donors (Lipinski definition) is 2. The minimum absolute atomic E-state index is 0.00613. The van der Waals surface area contributed by atoms with Crippen LogP contribution < -0.4 is 4.72 Å². The minimum Gasteiger partial charge on any atom is -0.478 e. The monoisotopic (exact) mass is 313 g/mol. The van der Waals surface area contributed by atoms with Gasteiger partial charge in [0.1, 0.15) is 0 Å². The zero-order valence-electron chi connectivity index (χ0n) is 12.3. The molecule has 0 aliphatic heterocycles. The molecule has 2 N–H and O–H groups in total. The molecule has 0 saturated carbocycles. The molecule has 0 spiro atoms. The van der Waals surface area contributed by atoms with Gasteiger partial charge in [0, 0.05) is 6.54 Å². The molecule has 0 unspecified atom stereocenters. The van der Waals surface area contributed by atoms with Crippen molar-refractivity contribution >= 4 is 16.0 Å². The number of benzene rings is 1. The molecule has 0 aliphatic rings. The highest BCUT2D eigenvalue weighted by molar-refractivity contribution is 7.89. The standard InChI is InChI=1S/C15H23NO4S/c1-2-3-4-5-6-7-11-16-21(19,20)14-10-8-9-13(12-14)15(17)18/h8-10,12,16H,2-7,11H2,1H3,(H,17,18). The van der Waals surface area contributed by atoms with Crippen molar-refractivity contribution in [2.24, 2.45) is 0 Å². The Labute approximate surface area is 126 Å². The van der Waals surface area contributed by atoms with Crippen LogP contribution >= 0.6 is 0 Å². The molecule has 0 saturated heterocycles. The second-order valence-electron chi connectivity index (χ2n) is 5.00. The van der Waals surface area contributed by atoms with E-state index in [9.17, 15) is 13.2 Å². The first-order chi connectivity index (χ1) is 9.97. The molecule has 0 heterocycles. The van der Waals surface area contributed by atoms with E-state index < -0.39 is 16.0 Å². The van der Waals surface area contributed by atoms with Crippen LogP contribution in [0.3, 0.4) is 0 Å². The number of sulfonamides is 1.